The van der Waals surface area contributed by atoms with Crippen molar-refractivity contribution in [1.82, 2.24) is 10.3 Å². The van der Waals surface area contributed by atoms with Crippen LogP contribution < -0.4 is 10.6 Å². The summed E-state index contributed by atoms with van der Waals surface area (Å²) < 4.78 is 0. The van der Waals surface area contributed by atoms with Gasteiger partial charge in [-0.2, -0.15) is 0 Å². The summed E-state index contributed by atoms with van der Waals surface area (Å²) in [6, 6.07) is 5.33. The van der Waals surface area contributed by atoms with Gasteiger partial charge in [-0.05, 0) is 32.9 Å². The van der Waals surface area contributed by atoms with E-state index < -0.39 is 0 Å². The van der Waals surface area contributed by atoms with Crippen LogP contribution in [0.4, 0.5) is 5.82 Å². The molecule has 5 heteroatoms. The van der Waals surface area contributed by atoms with Gasteiger partial charge in [0.15, 0.2) is 0 Å². The van der Waals surface area contributed by atoms with E-state index in [9.17, 15) is 4.79 Å². The lowest BCUT2D eigenvalue weighted by molar-refractivity contribution is -0.122. The number of rotatable bonds is 4. The average Bonchev–Trinajstić information content (AvgIpc) is 2.14. The molecule has 1 aromatic rings. The van der Waals surface area contributed by atoms with E-state index >= 15 is 0 Å². The van der Waals surface area contributed by atoms with Crippen LogP contribution in [-0.2, 0) is 4.79 Å². The number of halogens is 1. The molecule has 0 atom stereocenters. The maximum Gasteiger partial charge on any atom is 0.222 e. The Morgan fingerprint density at radius 3 is 2.71 bits per heavy atom. The van der Waals surface area contributed by atoms with Gasteiger partial charge in [0.25, 0.3) is 0 Å². The summed E-state index contributed by atoms with van der Waals surface area (Å²) in [6.45, 7) is 6.40. The molecular formula is C12H18ClN3O. The Morgan fingerprint density at radius 2 is 2.12 bits per heavy atom. The van der Waals surface area contributed by atoms with Crippen molar-refractivity contribution < 1.29 is 4.79 Å². The molecular weight excluding hydrogens is 238 g/mol. The van der Waals surface area contributed by atoms with Crippen molar-refractivity contribution in [1.29, 1.82) is 0 Å². The number of nitrogens with zero attached hydrogens (tertiary/aromatic N) is 1. The molecule has 1 aromatic heterocycles. The molecule has 1 amide bonds. The summed E-state index contributed by atoms with van der Waals surface area (Å²) in [4.78, 5) is 15.6. The first-order valence-electron chi connectivity index (χ1n) is 5.54. The Kier molecular flexibility index (Phi) is 4.75. The third-order valence-corrected chi connectivity index (χ3v) is 2.10. The number of pyridine rings is 1. The van der Waals surface area contributed by atoms with Gasteiger partial charge in [0, 0.05) is 18.5 Å². The quantitative estimate of drug-likeness (QED) is 0.813. The third-order valence-electron chi connectivity index (χ3n) is 1.89. The van der Waals surface area contributed by atoms with Gasteiger partial charge in [0.1, 0.15) is 11.0 Å². The molecule has 0 aliphatic carbocycles. The maximum atomic E-state index is 11.5. The number of hydrogen-bond donors (Lipinski definition) is 2. The number of aromatic nitrogens is 1. The number of hydrogen-bond acceptors (Lipinski definition) is 3. The lowest BCUT2D eigenvalue weighted by Gasteiger charge is -2.20. The molecule has 2 N–H and O–H groups in total. The SMILES string of the molecule is CC(C)(C)NC(=O)CCNc1cccc(Cl)n1. The molecule has 0 aromatic carbocycles. The van der Waals surface area contributed by atoms with Gasteiger partial charge in [-0.25, -0.2) is 4.98 Å². The Hall–Kier alpha value is -1.29. The van der Waals surface area contributed by atoms with E-state index in [1.165, 1.54) is 0 Å². The van der Waals surface area contributed by atoms with Crippen LogP contribution in [-0.4, -0.2) is 23.0 Å². The Labute approximate surface area is 107 Å². The number of nitrogens with one attached hydrogen (secondary N) is 2. The topological polar surface area (TPSA) is 54.0 Å². The Bertz CT molecular complexity index is 388. The molecule has 0 radical (unpaired) electrons. The van der Waals surface area contributed by atoms with Crippen molar-refractivity contribution in [2.75, 3.05) is 11.9 Å². The third kappa shape index (κ3) is 6.12. The summed E-state index contributed by atoms with van der Waals surface area (Å²) in [6.07, 6.45) is 0.408. The molecule has 0 saturated heterocycles. The van der Waals surface area contributed by atoms with Crippen LogP contribution in [0.25, 0.3) is 0 Å². The van der Waals surface area contributed by atoms with Gasteiger partial charge in [-0.3, -0.25) is 4.79 Å². The standard InChI is InChI=1S/C12H18ClN3O/c1-12(2,3)16-11(17)7-8-14-10-6-4-5-9(13)15-10/h4-6H,7-8H2,1-3H3,(H,14,15)(H,16,17). The van der Waals surface area contributed by atoms with E-state index in [-0.39, 0.29) is 11.4 Å². The summed E-state index contributed by atoms with van der Waals surface area (Å²) in [5.74, 6) is 0.702. The molecule has 0 aliphatic heterocycles. The van der Waals surface area contributed by atoms with Gasteiger partial charge < -0.3 is 10.6 Å². The van der Waals surface area contributed by atoms with Crippen molar-refractivity contribution >= 4 is 23.3 Å². The number of carbonyl (C=O) groups is 1. The lowest BCUT2D eigenvalue weighted by atomic mass is 10.1. The maximum absolute atomic E-state index is 11.5. The number of anilines is 1. The van der Waals surface area contributed by atoms with E-state index in [0.717, 1.165) is 0 Å². The van der Waals surface area contributed by atoms with Gasteiger partial charge in [0.2, 0.25) is 5.91 Å². The van der Waals surface area contributed by atoms with Crippen LogP contribution >= 0.6 is 11.6 Å². The molecule has 0 bridgehead atoms. The normalized spacial score (nSPS) is 11.1. The molecule has 0 saturated carbocycles. The monoisotopic (exact) mass is 255 g/mol. The fraction of sp³-hybridized carbons (Fsp3) is 0.500. The zero-order valence-corrected chi connectivity index (χ0v) is 11.1. The molecule has 0 unspecified atom stereocenters. The van der Waals surface area contributed by atoms with Crippen molar-refractivity contribution in [3.63, 3.8) is 0 Å². The minimum absolute atomic E-state index is 0.0204. The Balaban J connectivity index is 2.31. The highest BCUT2D eigenvalue weighted by atomic mass is 35.5. The first kappa shape index (κ1) is 13.8. The molecule has 0 aliphatic rings. The van der Waals surface area contributed by atoms with E-state index in [1.54, 1.807) is 6.07 Å². The summed E-state index contributed by atoms with van der Waals surface area (Å²) in [7, 11) is 0. The summed E-state index contributed by atoms with van der Waals surface area (Å²) in [5, 5.41) is 6.38. The summed E-state index contributed by atoms with van der Waals surface area (Å²) >= 11 is 5.74. The Morgan fingerprint density at radius 1 is 1.41 bits per heavy atom. The second-order valence-corrected chi connectivity index (χ2v) is 5.21. The zero-order valence-electron chi connectivity index (χ0n) is 10.4. The van der Waals surface area contributed by atoms with Gasteiger partial charge >= 0.3 is 0 Å². The van der Waals surface area contributed by atoms with Crippen LogP contribution in [0, 0.1) is 0 Å². The molecule has 1 rings (SSSR count). The second-order valence-electron chi connectivity index (χ2n) is 4.82. The highest BCUT2D eigenvalue weighted by molar-refractivity contribution is 6.29. The minimum Gasteiger partial charge on any atom is -0.370 e. The molecule has 4 nitrogen and oxygen atoms in total. The number of carbonyl (C=O) groups excluding carboxylic acids is 1. The highest BCUT2D eigenvalue weighted by Gasteiger charge is 2.12. The first-order chi connectivity index (χ1) is 7.87. The van der Waals surface area contributed by atoms with E-state index in [2.05, 4.69) is 15.6 Å². The van der Waals surface area contributed by atoms with Crippen molar-refractivity contribution in [2.45, 2.75) is 32.7 Å². The number of amides is 1. The van der Waals surface area contributed by atoms with Gasteiger partial charge in [-0.1, -0.05) is 17.7 Å². The van der Waals surface area contributed by atoms with E-state index in [0.29, 0.717) is 23.9 Å². The predicted molar refractivity (Wildman–Crippen MR) is 70.2 cm³/mol. The van der Waals surface area contributed by atoms with Crippen molar-refractivity contribution in [2.24, 2.45) is 0 Å². The fourth-order valence-corrected chi connectivity index (χ4v) is 1.46. The van der Waals surface area contributed by atoms with Crippen LogP contribution in [0.3, 0.4) is 0 Å². The van der Waals surface area contributed by atoms with Crippen LogP contribution in [0.5, 0.6) is 0 Å². The molecule has 17 heavy (non-hydrogen) atoms. The van der Waals surface area contributed by atoms with Crippen LogP contribution in [0.2, 0.25) is 5.15 Å². The molecule has 0 spiro atoms. The predicted octanol–water partition coefficient (Wildman–Crippen LogP) is 2.45. The molecule has 94 valence electrons. The minimum atomic E-state index is -0.189. The summed E-state index contributed by atoms with van der Waals surface area (Å²) in [5.41, 5.74) is -0.189. The first-order valence-corrected chi connectivity index (χ1v) is 5.92. The average molecular weight is 256 g/mol. The van der Waals surface area contributed by atoms with E-state index in [1.807, 2.05) is 32.9 Å². The van der Waals surface area contributed by atoms with Gasteiger partial charge in [0.05, 0.1) is 0 Å². The molecule has 1 heterocycles. The fourth-order valence-electron chi connectivity index (χ4n) is 1.29. The van der Waals surface area contributed by atoms with Crippen LogP contribution in [0.1, 0.15) is 27.2 Å². The van der Waals surface area contributed by atoms with E-state index in [4.69, 9.17) is 11.6 Å². The van der Waals surface area contributed by atoms with Crippen molar-refractivity contribution in [3.05, 3.63) is 23.4 Å². The smallest absolute Gasteiger partial charge is 0.222 e. The van der Waals surface area contributed by atoms with Crippen LogP contribution in [0.15, 0.2) is 18.2 Å². The zero-order chi connectivity index (χ0) is 12.9. The van der Waals surface area contributed by atoms with Gasteiger partial charge in [-0.15, -0.1) is 0 Å². The molecule has 0 fully saturated rings. The highest BCUT2D eigenvalue weighted by Crippen LogP contribution is 2.08. The lowest BCUT2D eigenvalue weighted by Crippen LogP contribution is -2.41. The van der Waals surface area contributed by atoms with Crippen molar-refractivity contribution in [3.8, 4) is 0 Å². The second kappa shape index (κ2) is 5.87. The largest absolute Gasteiger partial charge is 0.370 e.